The second-order valence-corrected chi connectivity index (χ2v) is 5.87. The molecule has 0 bridgehead atoms. The second-order valence-electron chi connectivity index (χ2n) is 4.87. The van der Waals surface area contributed by atoms with Gasteiger partial charge in [-0.3, -0.25) is 0 Å². The highest BCUT2D eigenvalue weighted by Gasteiger charge is 2.12. The molecule has 2 heterocycles. The van der Waals surface area contributed by atoms with Gasteiger partial charge in [0, 0.05) is 24.7 Å². The molecule has 2 aromatic heterocycles. The maximum atomic E-state index is 4.70. The van der Waals surface area contributed by atoms with Crippen molar-refractivity contribution in [3.8, 4) is 0 Å². The number of anilines is 1. The van der Waals surface area contributed by atoms with E-state index in [1.54, 1.807) is 11.8 Å². The summed E-state index contributed by atoms with van der Waals surface area (Å²) in [6.45, 7) is 7.30. The molecule has 0 fully saturated rings. The number of pyridine rings is 1. The molecule has 1 N–H and O–H groups in total. The summed E-state index contributed by atoms with van der Waals surface area (Å²) in [6, 6.07) is 5.92. The molecule has 0 aliphatic carbocycles. The normalized spacial score (nSPS) is 10.6. The first-order chi connectivity index (χ1) is 10.2. The van der Waals surface area contributed by atoms with Gasteiger partial charge in [0.25, 0.3) is 0 Å². The first-order valence-electron chi connectivity index (χ1n) is 7.44. The minimum atomic E-state index is 0.900. The van der Waals surface area contributed by atoms with E-state index < -0.39 is 0 Å². The number of rotatable bonds is 7. The van der Waals surface area contributed by atoms with Crippen molar-refractivity contribution in [3.63, 3.8) is 0 Å². The molecule has 0 atom stereocenters. The molecule has 2 rings (SSSR count). The Kier molecular flexibility index (Phi) is 5.99. The van der Waals surface area contributed by atoms with Gasteiger partial charge < -0.3 is 5.32 Å². The quantitative estimate of drug-likeness (QED) is 0.780. The van der Waals surface area contributed by atoms with Crippen LogP contribution in [0.5, 0.6) is 0 Å². The van der Waals surface area contributed by atoms with Gasteiger partial charge >= 0.3 is 0 Å². The van der Waals surface area contributed by atoms with Crippen molar-refractivity contribution in [1.29, 1.82) is 0 Å². The minimum absolute atomic E-state index is 0.900. The Hall–Kier alpha value is -1.62. The highest BCUT2D eigenvalue weighted by molar-refractivity contribution is 7.99. The number of aromatic nitrogens is 3. The van der Waals surface area contributed by atoms with Crippen LogP contribution in [0.15, 0.2) is 34.4 Å². The van der Waals surface area contributed by atoms with Crippen LogP contribution >= 0.6 is 11.8 Å². The zero-order chi connectivity index (χ0) is 15.1. The Morgan fingerprint density at radius 3 is 2.67 bits per heavy atom. The summed E-state index contributed by atoms with van der Waals surface area (Å²) < 4.78 is 0. The fourth-order valence-corrected chi connectivity index (χ4v) is 2.76. The van der Waals surface area contributed by atoms with Crippen LogP contribution in [0.2, 0.25) is 0 Å². The molecular formula is C16H22N4S. The van der Waals surface area contributed by atoms with E-state index in [1.165, 1.54) is 0 Å². The number of nitrogens with zero attached hydrogens (tertiary/aromatic N) is 3. The van der Waals surface area contributed by atoms with Crippen molar-refractivity contribution < 1.29 is 0 Å². The van der Waals surface area contributed by atoms with E-state index in [0.717, 1.165) is 53.1 Å². The van der Waals surface area contributed by atoms with Crippen LogP contribution in [0.3, 0.4) is 0 Å². The van der Waals surface area contributed by atoms with Crippen LogP contribution in [-0.2, 0) is 6.42 Å². The van der Waals surface area contributed by atoms with Gasteiger partial charge in [-0.25, -0.2) is 15.0 Å². The Morgan fingerprint density at radius 1 is 1.14 bits per heavy atom. The van der Waals surface area contributed by atoms with Gasteiger partial charge in [0.1, 0.15) is 21.7 Å². The van der Waals surface area contributed by atoms with Gasteiger partial charge in [-0.1, -0.05) is 19.9 Å². The average molecular weight is 302 g/mol. The summed E-state index contributed by atoms with van der Waals surface area (Å²) >= 11 is 1.60. The monoisotopic (exact) mass is 302 g/mol. The highest BCUT2D eigenvalue weighted by Crippen LogP contribution is 2.30. The first-order valence-corrected chi connectivity index (χ1v) is 8.26. The van der Waals surface area contributed by atoms with E-state index in [-0.39, 0.29) is 0 Å². The smallest absolute Gasteiger partial charge is 0.133 e. The fourth-order valence-electron chi connectivity index (χ4n) is 1.90. The van der Waals surface area contributed by atoms with Crippen molar-refractivity contribution in [2.75, 3.05) is 11.9 Å². The van der Waals surface area contributed by atoms with E-state index in [4.69, 9.17) is 4.98 Å². The summed E-state index contributed by atoms with van der Waals surface area (Å²) in [4.78, 5) is 13.7. The van der Waals surface area contributed by atoms with Gasteiger partial charge in [0.15, 0.2) is 0 Å². The van der Waals surface area contributed by atoms with E-state index in [1.807, 2.05) is 24.4 Å². The third-order valence-corrected chi connectivity index (χ3v) is 4.04. The zero-order valence-electron chi connectivity index (χ0n) is 12.9. The van der Waals surface area contributed by atoms with E-state index >= 15 is 0 Å². The summed E-state index contributed by atoms with van der Waals surface area (Å²) in [7, 11) is 0. The fraction of sp³-hybridized carbons (Fsp3) is 0.438. The molecule has 0 unspecified atom stereocenters. The lowest BCUT2D eigenvalue weighted by atomic mass is 10.3. The van der Waals surface area contributed by atoms with Crippen LogP contribution in [0, 0.1) is 6.92 Å². The first kappa shape index (κ1) is 15.8. The van der Waals surface area contributed by atoms with Crippen molar-refractivity contribution in [3.05, 3.63) is 35.8 Å². The molecule has 0 spiro atoms. The molecule has 0 aliphatic rings. The second kappa shape index (κ2) is 7.98. The standard InChI is InChI=1S/C16H22N4S/c1-4-8-13-19-15(18-10-5-2)12(3)16(20-13)21-14-9-6-7-11-17-14/h6-7,9,11H,4-5,8,10H2,1-3H3,(H,18,19,20). The minimum Gasteiger partial charge on any atom is -0.370 e. The van der Waals surface area contributed by atoms with Crippen molar-refractivity contribution >= 4 is 17.6 Å². The third kappa shape index (κ3) is 4.43. The van der Waals surface area contributed by atoms with Gasteiger partial charge in [-0.15, -0.1) is 0 Å². The molecule has 0 aromatic carbocycles. The van der Waals surface area contributed by atoms with Crippen molar-refractivity contribution in [1.82, 2.24) is 15.0 Å². The molecule has 5 heteroatoms. The molecular weight excluding hydrogens is 280 g/mol. The van der Waals surface area contributed by atoms with E-state index in [0.29, 0.717) is 0 Å². The molecule has 0 amide bonds. The van der Waals surface area contributed by atoms with E-state index in [9.17, 15) is 0 Å². The van der Waals surface area contributed by atoms with Crippen molar-refractivity contribution in [2.45, 2.75) is 50.1 Å². The molecule has 0 saturated heterocycles. The lowest BCUT2D eigenvalue weighted by Crippen LogP contribution is -2.08. The maximum absolute atomic E-state index is 4.70. The summed E-state index contributed by atoms with van der Waals surface area (Å²) in [5.41, 5.74) is 1.10. The third-order valence-electron chi connectivity index (χ3n) is 3.00. The van der Waals surface area contributed by atoms with E-state index in [2.05, 4.69) is 36.1 Å². The topological polar surface area (TPSA) is 50.7 Å². The molecule has 4 nitrogen and oxygen atoms in total. The van der Waals surface area contributed by atoms with Gasteiger partial charge in [-0.05, 0) is 43.7 Å². The van der Waals surface area contributed by atoms with Crippen LogP contribution in [0.4, 0.5) is 5.82 Å². The van der Waals surface area contributed by atoms with Crippen LogP contribution in [-0.4, -0.2) is 21.5 Å². The zero-order valence-corrected chi connectivity index (χ0v) is 13.7. The average Bonchev–Trinajstić information content (AvgIpc) is 2.50. The molecule has 2 aromatic rings. The lowest BCUT2D eigenvalue weighted by molar-refractivity contribution is 0.799. The van der Waals surface area contributed by atoms with Crippen LogP contribution in [0.1, 0.15) is 38.1 Å². The Labute approximate surface area is 130 Å². The van der Waals surface area contributed by atoms with Crippen molar-refractivity contribution in [2.24, 2.45) is 0 Å². The molecule has 0 radical (unpaired) electrons. The van der Waals surface area contributed by atoms with Gasteiger partial charge in [0.05, 0.1) is 0 Å². The number of hydrogen-bond acceptors (Lipinski definition) is 5. The predicted octanol–water partition coefficient (Wildman–Crippen LogP) is 4.11. The number of nitrogens with one attached hydrogen (secondary N) is 1. The molecule has 21 heavy (non-hydrogen) atoms. The Bertz CT molecular complexity index is 572. The van der Waals surface area contributed by atoms with Gasteiger partial charge in [-0.2, -0.15) is 0 Å². The summed E-state index contributed by atoms with van der Waals surface area (Å²) in [6.07, 6.45) is 4.83. The van der Waals surface area contributed by atoms with Crippen LogP contribution in [0.25, 0.3) is 0 Å². The molecule has 112 valence electrons. The molecule has 0 aliphatic heterocycles. The Balaban J connectivity index is 2.31. The predicted molar refractivity (Wildman–Crippen MR) is 87.9 cm³/mol. The maximum Gasteiger partial charge on any atom is 0.133 e. The summed E-state index contributed by atoms with van der Waals surface area (Å²) in [5.74, 6) is 1.86. The number of hydrogen-bond donors (Lipinski definition) is 1. The van der Waals surface area contributed by atoms with Gasteiger partial charge in [0.2, 0.25) is 0 Å². The number of aryl methyl sites for hydroxylation is 1. The largest absolute Gasteiger partial charge is 0.370 e. The highest BCUT2D eigenvalue weighted by atomic mass is 32.2. The SMILES string of the molecule is CCCNc1nc(CCC)nc(Sc2ccccn2)c1C. The molecule has 0 saturated carbocycles. The Morgan fingerprint density at radius 2 is 2.00 bits per heavy atom. The lowest BCUT2D eigenvalue weighted by Gasteiger charge is -2.13. The summed E-state index contributed by atoms with van der Waals surface area (Å²) in [5, 5.41) is 5.36. The van der Waals surface area contributed by atoms with Crippen LogP contribution < -0.4 is 5.32 Å².